The van der Waals surface area contributed by atoms with Gasteiger partial charge >= 0.3 is 5.97 Å². The maximum Gasteiger partial charge on any atom is 0.356 e. The van der Waals surface area contributed by atoms with E-state index in [4.69, 9.17) is 4.74 Å². The Balaban J connectivity index is 2.11. The maximum absolute atomic E-state index is 12.4. The molecule has 1 aliphatic rings. The van der Waals surface area contributed by atoms with E-state index in [1.54, 1.807) is 6.07 Å². The van der Waals surface area contributed by atoms with Crippen LogP contribution >= 0.6 is 15.9 Å². The van der Waals surface area contributed by atoms with E-state index in [-0.39, 0.29) is 12.0 Å². The molecule has 1 aromatic rings. The summed E-state index contributed by atoms with van der Waals surface area (Å²) in [5, 5.41) is 9.31. The van der Waals surface area contributed by atoms with Gasteiger partial charge in [0.15, 0.2) is 6.10 Å². The second kappa shape index (κ2) is 7.13. The number of rotatable bonds is 4. The summed E-state index contributed by atoms with van der Waals surface area (Å²) >= 11 is 3.39. The van der Waals surface area contributed by atoms with E-state index in [1.165, 1.54) is 6.42 Å². The minimum absolute atomic E-state index is 0.161. The Kier molecular flexibility index (Phi) is 5.46. The Bertz CT molecular complexity index is 539. The lowest BCUT2D eigenvalue weighted by atomic mass is 9.85. The van der Waals surface area contributed by atoms with Crippen LogP contribution in [0.15, 0.2) is 16.7 Å². The van der Waals surface area contributed by atoms with Crippen molar-refractivity contribution >= 4 is 21.9 Å². The van der Waals surface area contributed by atoms with Gasteiger partial charge in [0.1, 0.15) is 11.8 Å². The van der Waals surface area contributed by atoms with E-state index >= 15 is 0 Å². The van der Waals surface area contributed by atoms with Crippen molar-refractivity contribution in [3.63, 3.8) is 0 Å². The smallest absolute Gasteiger partial charge is 0.356 e. The van der Waals surface area contributed by atoms with Gasteiger partial charge in [0.2, 0.25) is 0 Å². The summed E-state index contributed by atoms with van der Waals surface area (Å²) in [6.45, 7) is 4.01. The van der Waals surface area contributed by atoms with Crippen molar-refractivity contribution in [2.75, 3.05) is 0 Å². The highest BCUT2D eigenvalue weighted by atomic mass is 79.9. The third-order valence-corrected chi connectivity index (χ3v) is 4.45. The van der Waals surface area contributed by atoms with Gasteiger partial charge in [0, 0.05) is 22.6 Å². The quantitative estimate of drug-likeness (QED) is 0.751. The first-order valence-corrected chi connectivity index (χ1v) is 8.30. The number of carbonyl (C=O) groups excluding carboxylic acids is 1. The number of hydrogen-bond acceptors (Lipinski definition) is 3. The Morgan fingerprint density at radius 2 is 2.10 bits per heavy atom. The zero-order valence-electron chi connectivity index (χ0n) is 12.5. The molecule has 0 aromatic carbocycles. The van der Waals surface area contributed by atoms with Crippen molar-refractivity contribution in [2.24, 2.45) is 5.92 Å². The lowest BCUT2D eigenvalue weighted by Crippen LogP contribution is -2.28. The van der Waals surface area contributed by atoms with Crippen molar-refractivity contribution in [2.45, 2.75) is 58.1 Å². The number of halogens is 1. The van der Waals surface area contributed by atoms with Crippen LogP contribution in [-0.4, -0.2) is 16.6 Å². The average Bonchev–Trinajstić information content (AvgIpc) is 2.88. The SMILES string of the molecule is CC(C)n1cc(Br)cc1C(=O)OC(C#N)C1CCCCC1. The molecular weight excluding hydrogens is 332 g/mol. The van der Waals surface area contributed by atoms with Crippen LogP contribution in [0.5, 0.6) is 0 Å². The highest BCUT2D eigenvalue weighted by Gasteiger charge is 2.28. The first kappa shape index (κ1) is 16.1. The lowest BCUT2D eigenvalue weighted by molar-refractivity contribution is 0.0233. The van der Waals surface area contributed by atoms with E-state index in [2.05, 4.69) is 22.0 Å². The summed E-state index contributed by atoms with van der Waals surface area (Å²) in [6.07, 6.45) is 6.63. The number of esters is 1. The minimum Gasteiger partial charge on any atom is -0.442 e. The molecule has 1 aromatic heterocycles. The van der Waals surface area contributed by atoms with Gasteiger partial charge in [-0.15, -0.1) is 0 Å². The van der Waals surface area contributed by atoms with Crippen LogP contribution in [0, 0.1) is 17.2 Å². The van der Waals surface area contributed by atoms with Crippen molar-refractivity contribution in [3.8, 4) is 6.07 Å². The van der Waals surface area contributed by atoms with Gasteiger partial charge in [-0.1, -0.05) is 19.3 Å². The number of aromatic nitrogens is 1. The number of hydrogen-bond donors (Lipinski definition) is 0. The predicted molar refractivity (Wildman–Crippen MR) is 83.9 cm³/mol. The second-order valence-electron chi connectivity index (χ2n) is 5.90. The molecule has 114 valence electrons. The topological polar surface area (TPSA) is 55.0 Å². The number of nitrogens with zero attached hydrogens (tertiary/aromatic N) is 2. The Morgan fingerprint density at radius 3 is 2.67 bits per heavy atom. The van der Waals surface area contributed by atoms with E-state index in [9.17, 15) is 10.1 Å². The van der Waals surface area contributed by atoms with E-state index in [0.717, 1.165) is 30.2 Å². The Labute approximate surface area is 134 Å². The molecule has 0 spiro atoms. The molecule has 5 heteroatoms. The molecule has 1 aliphatic carbocycles. The van der Waals surface area contributed by atoms with Crippen LogP contribution in [0.25, 0.3) is 0 Å². The number of carbonyl (C=O) groups is 1. The second-order valence-corrected chi connectivity index (χ2v) is 6.81. The fraction of sp³-hybridized carbons (Fsp3) is 0.625. The molecule has 2 rings (SSSR count). The average molecular weight is 353 g/mol. The standard InChI is InChI=1S/C16H21BrN2O2/c1-11(2)19-10-13(17)8-14(19)16(20)21-15(9-18)12-6-4-3-5-7-12/h8,10-12,15H,3-7H2,1-2H3. The Hall–Kier alpha value is -1.28. The molecule has 0 radical (unpaired) electrons. The normalized spacial score (nSPS) is 17.5. The molecule has 1 unspecified atom stereocenters. The zero-order chi connectivity index (χ0) is 15.4. The van der Waals surface area contributed by atoms with Crippen LogP contribution in [0.1, 0.15) is 62.5 Å². The molecule has 1 fully saturated rings. The third-order valence-electron chi connectivity index (χ3n) is 4.02. The fourth-order valence-corrected chi connectivity index (χ4v) is 3.31. The van der Waals surface area contributed by atoms with Crippen LogP contribution in [0.2, 0.25) is 0 Å². The molecule has 0 N–H and O–H groups in total. The summed E-state index contributed by atoms with van der Waals surface area (Å²) < 4.78 is 8.19. The Morgan fingerprint density at radius 1 is 1.43 bits per heavy atom. The zero-order valence-corrected chi connectivity index (χ0v) is 14.1. The molecular formula is C16H21BrN2O2. The molecule has 0 bridgehead atoms. The van der Waals surface area contributed by atoms with Gasteiger partial charge < -0.3 is 9.30 Å². The van der Waals surface area contributed by atoms with Crippen LogP contribution in [0.3, 0.4) is 0 Å². The molecule has 1 saturated carbocycles. The largest absolute Gasteiger partial charge is 0.442 e. The molecule has 1 atom stereocenters. The maximum atomic E-state index is 12.4. The molecule has 0 aliphatic heterocycles. The van der Waals surface area contributed by atoms with Crippen molar-refractivity contribution in [1.29, 1.82) is 5.26 Å². The third kappa shape index (κ3) is 3.88. The summed E-state index contributed by atoms with van der Waals surface area (Å²) in [4.78, 5) is 12.4. The molecule has 0 saturated heterocycles. The van der Waals surface area contributed by atoms with Crippen LogP contribution in [0.4, 0.5) is 0 Å². The summed E-state index contributed by atoms with van der Waals surface area (Å²) in [7, 11) is 0. The van der Waals surface area contributed by atoms with Gasteiger partial charge in [-0.3, -0.25) is 0 Å². The summed E-state index contributed by atoms with van der Waals surface area (Å²) in [6, 6.07) is 4.07. The molecule has 0 amide bonds. The highest BCUT2D eigenvalue weighted by molar-refractivity contribution is 9.10. The van der Waals surface area contributed by atoms with E-state index < -0.39 is 12.1 Å². The lowest BCUT2D eigenvalue weighted by Gasteiger charge is -2.25. The highest BCUT2D eigenvalue weighted by Crippen LogP contribution is 2.29. The first-order valence-electron chi connectivity index (χ1n) is 7.51. The summed E-state index contributed by atoms with van der Waals surface area (Å²) in [5.74, 6) is -0.231. The van der Waals surface area contributed by atoms with E-state index in [1.807, 2.05) is 24.6 Å². The summed E-state index contributed by atoms with van der Waals surface area (Å²) in [5.41, 5.74) is 0.493. The van der Waals surface area contributed by atoms with Crippen molar-refractivity contribution < 1.29 is 9.53 Å². The fourth-order valence-electron chi connectivity index (χ4n) is 2.88. The molecule has 1 heterocycles. The molecule has 4 nitrogen and oxygen atoms in total. The number of ether oxygens (including phenoxy) is 1. The van der Waals surface area contributed by atoms with Crippen LogP contribution in [-0.2, 0) is 4.74 Å². The van der Waals surface area contributed by atoms with Gasteiger partial charge in [-0.2, -0.15) is 5.26 Å². The van der Waals surface area contributed by atoms with Gasteiger partial charge in [0.05, 0.1) is 0 Å². The number of nitriles is 1. The van der Waals surface area contributed by atoms with Gasteiger partial charge in [-0.25, -0.2) is 4.79 Å². The first-order chi connectivity index (χ1) is 10.0. The van der Waals surface area contributed by atoms with E-state index in [0.29, 0.717) is 5.69 Å². The minimum atomic E-state index is -0.632. The van der Waals surface area contributed by atoms with Crippen LogP contribution < -0.4 is 0 Å². The van der Waals surface area contributed by atoms with Gasteiger partial charge in [-0.05, 0) is 48.7 Å². The van der Waals surface area contributed by atoms with Crippen molar-refractivity contribution in [1.82, 2.24) is 4.57 Å². The molecule has 21 heavy (non-hydrogen) atoms. The monoisotopic (exact) mass is 352 g/mol. The predicted octanol–water partition coefficient (Wildman–Crippen LogP) is 4.46. The van der Waals surface area contributed by atoms with Crippen molar-refractivity contribution in [3.05, 3.63) is 22.4 Å². The van der Waals surface area contributed by atoms with Gasteiger partial charge in [0.25, 0.3) is 0 Å².